The van der Waals surface area contributed by atoms with Crippen LogP contribution in [0, 0.1) is 5.92 Å². The highest BCUT2D eigenvalue weighted by Gasteiger charge is 2.13. The molecule has 0 aromatic rings. The van der Waals surface area contributed by atoms with Crippen LogP contribution in [0.25, 0.3) is 0 Å². The topological polar surface area (TPSA) is 51.2 Å². The van der Waals surface area contributed by atoms with Gasteiger partial charge in [0.25, 0.3) is 0 Å². The number of Topliss-reactive ketones (excluding diaryl/α,β-unsaturated/α-hetero) is 2. The molecule has 0 rings (SSSR count). The molecule has 0 N–H and O–H groups in total. The Morgan fingerprint density at radius 3 is 2.25 bits per heavy atom. The average Bonchev–Trinajstić information content (AvgIpc) is 1.96. The Morgan fingerprint density at radius 1 is 1.33 bits per heavy atom. The van der Waals surface area contributed by atoms with Crippen molar-refractivity contribution >= 4 is 17.9 Å². The van der Waals surface area contributed by atoms with Crippen molar-refractivity contribution in [3.8, 4) is 0 Å². The molecule has 12 heavy (non-hydrogen) atoms. The first-order valence-corrected chi connectivity index (χ1v) is 4.01. The van der Waals surface area contributed by atoms with Gasteiger partial charge in [-0.15, -0.1) is 0 Å². The van der Waals surface area contributed by atoms with Crippen LogP contribution in [0.4, 0.5) is 0 Å². The molecule has 3 heteroatoms. The van der Waals surface area contributed by atoms with Crippen LogP contribution in [0.1, 0.15) is 33.1 Å². The molecular formula is C9H14O3. The van der Waals surface area contributed by atoms with Crippen LogP contribution in [0.15, 0.2) is 0 Å². The van der Waals surface area contributed by atoms with Crippen LogP contribution in [0.5, 0.6) is 0 Å². The van der Waals surface area contributed by atoms with Gasteiger partial charge in [-0.25, -0.2) is 0 Å². The molecule has 0 radical (unpaired) electrons. The lowest BCUT2D eigenvalue weighted by atomic mass is 9.95. The summed E-state index contributed by atoms with van der Waals surface area (Å²) in [7, 11) is 0. The van der Waals surface area contributed by atoms with Gasteiger partial charge in [-0.05, 0) is 20.3 Å². The Balaban J connectivity index is 3.86. The van der Waals surface area contributed by atoms with E-state index in [2.05, 4.69) is 0 Å². The van der Waals surface area contributed by atoms with E-state index in [4.69, 9.17) is 0 Å². The predicted molar refractivity (Wildman–Crippen MR) is 44.8 cm³/mol. The van der Waals surface area contributed by atoms with Gasteiger partial charge in [-0.2, -0.15) is 0 Å². The summed E-state index contributed by atoms with van der Waals surface area (Å²) in [5.74, 6) is -0.207. The van der Waals surface area contributed by atoms with E-state index in [9.17, 15) is 14.4 Å². The van der Waals surface area contributed by atoms with E-state index in [1.807, 2.05) is 0 Å². The molecule has 1 unspecified atom stereocenters. The molecule has 0 spiro atoms. The summed E-state index contributed by atoms with van der Waals surface area (Å²) in [6.45, 7) is 2.94. The zero-order valence-electron chi connectivity index (χ0n) is 7.50. The molecule has 0 saturated carbocycles. The van der Waals surface area contributed by atoms with Gasteiger partial charge in [0.05, 0.1) is 0 Å². The molecular weight excluding hydrogens is 156 g/mol. The lowest BCUT2D eigenvalue weighted by Gasteiger charge is -2.07. The molecule has 0 heterocycles. The summed E-state index contributed by atoms with van der Waals surface area (Å²) in [4.78, 5) is 31.6. The van der Waals surface area contributed by atoms with Gasteiger partial charge < -0.3 is 9.59 Å². The molecule has 68 valence electrons. The van der Waals surface area contributed by atoms with Crippen molar-refractivity contribution in [3.05, 3.63) is 0 Å². The molecule has 1 atom stereocenters. The molecule has 0 bridgehead atoms. The second-order valence-corrected chi connectivity index (χ2v) is 2.95. The highest BCUT2D eigenvalue weighted by molar-refractivity contribution is 5.82. The molecule has 0 fully saturated rings. The minimum atomic E-state index is -0.258. The van der Waals surface area contributed by atoms with Gasteiger partial charge in [0.15, 0.2) is 0 Å². The van der Waals surface area contributed by atoms with E-state index in [0.29, 0.717) is 12.8 Å². The Kier molecular flexibility index (Phi) is 5.17. The number of carbonyl (C=O) groups excluding carboxylic acids is 3. The third kappa shape index (κ3) is 4.77. The van der Waals surface area contributed by atoms with Crippen LogP contribution >= 0.6 is 0 Å². The maximum atomic E-state index is 10.9. The zero-order valence-corrected chi connectivity index (χ0v) is 7.50. The van der Waals surface area contributed by atoms with Gasteiger partial charge in [-0.3, -0.25) is 4.79 Å². The van der Waals surface area contributed by atoms with Crippen molar-refractivity contribution in [1.29, 1.82) is 0 Å². The highest BCUT2D eigenvalue weighted by Crippen LogP contribution is 2.11. The molecule has 0 aromatic heterocycles. The van der Waals surface area contributed by atoms with Crippen molar-refractivity contribution in [1.82, 2.24) is 0 Å². The van der Waals surface area contributed by atoms with E-state index >= 15 is 0 Å². The number of hydrogen-bond acceptors (Lipinski definition) is 3. The van der Waals surface area contributed by atoms with Crippen molar-refractivity contribution in [3.63, 3.8) is 0 Å². The van der Waals surface area contributed by atoms with E-state index in [1.165, 1.54) is 13.8 Å². The Morgan fingerprint density at radius 2 is 1.92 bits per heavy atom. The fourth-order valence-electron chi connectivity index (χ4n) is 0.981. The first-order chi connectivity index (χ1) is 5.57. The molecule has 0 aliphatic carbocycles. The summed E-state index contributed by atoms with van der Waals surface area (Å²) in [6, 6.07) is 0. The molecule has 0 aliphatic heterocycles. The number of carbonyl (C=O) groups is 3. The van der Waals surface area contributed by atoms with E-state index in [1.54, 1.807) is 0 Å². The van der Waals surface area contributed by atoms with Gasteiger partial charge >= 0.3 is 0 Å². The van der Waals surface area contributed by atoms with Crippen LogP contribution in [0.3, 0.4) is 0 Å². The molecule has 0 saturated heterocycles. The fourth-order valence-corrected chi connectivity index (χ4v) is 0.981. The molecule has 0 aliphatic rings. The Bertz CT molecular complexity index is 184. The molecule has 3 nitrogen and oxygen atoms in total. The van der Waals surface area contributed by atoms with Crippen LogP contribution in [-0.4, -0.2) is 17.9 Å². The summed E-state index contributed by atoms with van der Waals surface area (Å²) in [6.07, 6.45) is 1.86. The van der Waals surface area contributed by atoms with Crippen molar-refractivity contribution in [2.75, 3.05) is 0 Å². The number of rotatable bonds is 6. The van der Waals surface area contributed by atoms with Gasteiger partial charge in [0.2, 0.25) is 0 Å². The lowest BCUT2D eigenvalue weighted by molar-refractivity contribution is -0.124. The van der Waals surface area contributed by atoms with E-state index in [0.717, 1.165) is 6.29 Å². The van der Waals surface area contributed by atoms with Gasteiger partial charge in [-0.1, -0.05) is 0 Å². The number of aldehydes is 1. The lowest BCUT2D eigenvalue weighted by Crippen LogP contribution is -2.12. The van der Waals surface area contributed by atoms with Crippen LogP contribution < -0.4 is 0 Å². The third-order valence-corrected chi connectivity index (χ3v) is 1.80. The summed E-state index contributed by atoms with van der Waals surface area (Å²) >= 11 is 0. The van der Waals surface area contributed by atoms with E-state index < -0.39 is 0 Å². The second-order valence-electron chi connectivity index (χ2n) is 2.95. The minimum Gasteiger partial charge on any atom is -0.303 e. The smallest absolute Gasteiger partial charge is 0.133 e. The van der Waals surface area contributed by atoms with Crippen LogP contribution in [0.2, 0.25) is 0 Å². The Labute approximate surface area is 72.1 Å². The summed E-state index contributed by atoms with van der Waals surface area (Å²) in [5.41, 5.74) is 0. The summed E-state index contributed by atoms with van der Waals surface area (Å²) < 4.78 is 0. The number of ketones is 2. The van der Waals surface area contributed by atoms with Gasteiger partial charge in [0, 0.05) is 18.8 Å². The highest BCUT2D eigenvalue weighted by atomic mass is 16.1. The molecule has 0 amide bonds. The Hall–Kier alpha value is -0.990. The average molecular weight is 170 g/mol. The first-order valence-electron chi connectivity index (χ1n) is 4.01. The maximum Gasteiger partial charge on any atom is 0.133 e. The summed E-state index contributed by atoms with van der Waals surface area (Å²) in [5, 5.41) is 0. The van der Waals surface area contributed by atoms with Gasteiger partial charge in [0.1, 0.15) is 17.9 Å². The minimum absolute atomic E-state index is 0.0108. The zero-order chi connectivity index (χ0) is 9.56. The fraction of sp³-hybridized carbons (Fsp3) is 0.667. The van der Waals surface area contributed by atoms with Crippen molar-refractivity contribution in [2.45, 2.75) is 33.1 Å². The first kappa shape index (κ1) is 11.0. The van der Waals surface area contributed by atoms with Crippen molar-refractivity contribution < 1.29 is 14.4 Å². The second kappa shape index (κ2) is 5.63. The molecule has 0 aromatic carbocycles. The standard InChI is InChI=1S/C9H14O3/c1-7(11)3-4-9(5-6-10)8(2)12/h6,9H,3-5H2,1-2H3. The number of hydrogen-bond donors (Lipinski definition) is 0. The van der Waals surface area contributed by atoms with E-state index in [-0.39, 0.29) is 23.9 Å². The normalized spacial score (nSPS) is 12.2. The maximum absolute atomic E-state index is 10.9. The SMILES string of the molecule is CC(=O)CCC(CC=O)C(C)=O. The predicted octanol–water partition coefficient (Wildman–Crippen LogP) is 1.15. The largest absolute Gasteiger partial charge is 0.303 e. The third-order valence-electron chi connectivity index (χ3n) is 1.80. The van der Waals surface area contributed by atoms with Crippen LogP contribution in [-0.2, 0) is 14.4 Å². The monoisotopic (exact) mass is 170 g/mol. The van der Waals surface area contributed by atoms with Crippen molar-refractivity contribution in [2.24, 2.45) is 5.92 Å². The quantitative estimate of drug-likeness (QED) is 0.562.